The first-order valence-corrected chi connectivity index (χ1v) is 12.9. The monoisotopic (exact) mass is 475 g/mol. The molecule has 1 aromatic rings. The van der Waals surface area contributed by atoms with E-state index in [0.717, 1.165) is 44.6 Å². The van der Waals surface area contributed by atoms with Crippen molar-refractivity contribution < 1.29 is 17.9 Å². The number of hydrogen-bond donors (Lipinski definition) is 2. The lowest BCUT2D eigenvalue weighted by Gasteiger charge is -2.47. The fourth-order valence-corrected chi connectivity index (χ4v) is 6.09. The van der Waals surface area contributed by atoms with E-state index in [1.807, 2.05) is 0 Å². The van der Waals surface area contributed by atoms with Gasteiger partial charge >= 0.3 is 6.18 Å². The molecule has 3 aliphatic heterocycles. The Morgan fingerprint density at radius 2 is 1.94 bits per heavy atom. The minimum absolute atomic E-state index is 0.0190. The predicted octanol–water partition coefficient (Wildman–Crippen LogP) is 5.54. The van der Waals surface area contributed by atoms with Gasteiger partial charge in [0, 0.05) is 48.8 Å². The fourth-order valence-electron chi connectivity index (χ4n) is 6.09. The molecular formula is C27H36F3N3O. The lowest BCUT2D eigenvalue weighted by Crippen LogP contribution is -2.48. The molecule has 0 spiro atoms. The molecule has 0 saturated carbocycles. The van der Waals surface area contributed by atoms with Crippen LogP contribution in [0.25, 0.3) is 0 Å². The maximum atomic E-state index is 13.5. The van der Waals surface area contributed by atoms with E-state index in [2.05, 4.69) is 39.8 Å². The van der Waals surface area contributed by atoms with Crippen LogP contribution in [0.1, 0.15) is 55.8 Å². The van der Waals surface area contributed by atoms with Gasteiger partial charge in [-0.15, -0.1) is 0 Å². The molecule has 5 atom stereocenters. The average Bonchev–Trinajstić information content (AvgIpc) is 2.86. The zero-order chi connectivity index (χ0) is 23.5. The van der Waals surface area contributed by atoms with E-state index in [9.17, 15) is 13.2 Å². The molecule has 0 amide bonds. The third-order valence-corrected chi connectivity index (χ3v) is 7.92. The number of benzene rings is 1. The van der Waals surface area contributed by atoms with E-state index in [1.54, 1.807) is 6.07 Å². The van der Waals surface area contributed by atoms with Crippen LogP contribution >= 0.6 is 0 Å². The average molecular weight is 476 g/mol. The van der Waals surface area contributed by atoms with E-state index in [1.165, 1.54) is 44.5 Å². The first-order valence-electron chi connectivity index (χ1n) is 12.9. The molecule has 0 aromatic heterocycles. The Hall–Kier alpha value is -1.83. The second kappa shape index (κ2) is 10.4. The number of alkyl halides is 3. The molecule has 1 aromatic carbocycles. The first kappa shape index (κ1) is 23.9. The van der Waals surface area contributed by atoms with Crippen molar-refractivity contribution in [3.05, 3.63) is 53.6 Å². The quantitative estimate of drug-likeness (QED) is 0.530. The predicted molar refractivity (Wildman–Crippen MR) is 129 cm³/mol. The van der Waals surface area contributed by atoms with Crippen molar-refractivity contribution in [2.24, 2.45) is 11.8 Å². The van der Waals surface area contributed by atoms with E-state index in [4.69, 9.17) is 4.74 Å². The van der Waals surface area contributed by atoms with Crippen LogP contribution in [0, 0.1) is 11.8 Å². The number of nitrogens with one attached hydrogen (secondary N) is 2. The molecule has 4 nitrogen and oxygen atoms in total. The maximum Gasteiger partial charge on any atom is 0.416 e. The Labute approximate surface area is 200 Å². The van der Waals surface area contributed by atoms with Crippen LogP contribution in [-0.2, 0) is 10.9 Å². The molecule has 186 valence electrons. The first-order chi connectivity index (χ1) is 16.5. The molecule has 7 heteroatoms. The second-order valence-electron chi connectivity index (χ2n) is 10.2. The molecule has 1 unspecified atom stereocenters. The van der Waals surface area contributed by atoms with Gasteiger partial charge in [0.1, 0.15) is 0 Å². The normalized spacial score (nSPS) is 31.6. The molecule has 0 radical (unpaired) electrons. The number of fused-ring (bicyclic) bond motifs is 3. The number of nitrogens with zero attached hydrogens (tertiary/aromatic N) is 1. The number of hydrogen-bond acceptors (Lipinski definition) is 4. The summed E-state index contributed by atoms with van der Waals surface area (Å²) in [7, 11) is 0. The highest BCUT2D eigenvalue weighted by atomic mass is 19.4. The zero-order valence-electron chi connectivity index (χ0n) is 19.7. The summed E-state index contributed by atoms with van der Waals surface area (Å²) in [5, 5.41) is 7.14. The zero-order valence-corrected chi connectivity index (χ0v) is 19.7. The summed E-state index contributed by atoms with van der Waals surface area (Å²) >= 11 is 0. The van der Waals surface area contributed by atoms with Crippen LogP contribution in [0.4, 0.5) is 18.9 Å². The van der Waals surface area contributed by atoms with Gasteiger partial charge in [-0.1, -0.05) is 30.7 Å². The fraction of sp³-hybridized carbons (Fsp3) is 0.630. The van der Waals surface area contributed by atoms with Gasteiger partial charge in [-0.25, -0.2) is 0 Å². The number of allylic oxidation sites excluding steroid dienone is 3. The number of ether oxygens (including phenoxy) is 1. The van der Waals surface area contributed by atoms with Gasteiger partial charge in [-0.3, -0.25) is 0 Å². The standard InChI is InChI=1S/C27H36F3N3O/c28-27(29,30)20-9-12-24-23(17-20)26-22(25(32-24)19-7-3-1-4-8-19)11-10-21(34-26)18-31-13-16-33-14-5-2-6-15-33/h1,3-4,7,9,12,17,19,21-22,25-26,31-32H,2,5-6,8,10-11,13-16,18H2/t19?,21-,22+,25+,26+/m1/s1. The topological polar surface area (TPSA) is 36.5 Å². The van der Waals surface area contributed by atoms with Crippen molar-refractivity contribution in [3.63, 3.8) is 0 Å². The highest BCUT2D eigenvalue weighted by Gasteiger charge is 2.44. The highest BCUT2D eigenvalue weighted by Crippen LogP contribution is 2.49. The SMILES string of the molecule is FC(F)(F)c1ccc2c(c1)[C@H]1O[C@@H](CNCCN3CCCCC3)CC[C@H]1[C@H](C1C=CC=CC1)N2. The van der Waals surface area contributed by atoms with Gasteiger partial charge in [-0.2, -0.15) is 13.2 Å². The molecule has 2 saturated heterocycles. The molecule has 3 heterocycles. The molecule has 2 N–H and O–H groups in total. The largest absolute Gasteiger partial charge is 0.416 e. The van der Waals surface area contributed by atoms with Gasteiger partial charge < -0.3 is 20.3 Å². The maximum absolute atomic E-state index is 13.5. The highest BCUT2D eigenvalue weighted by molar-refractivity contribution is 5.58. The number of halogens is 3. The third-order valence-electron chi connectivity index (χ3n) is 7.92. The summed E-state index contributed by atoms with van der Waals surface area (Å²) in [6.45, 7) is 5.08. The molecule has 0 bridgehead atoms. The van der Waals surface area contributed by atoms with Gasteiger partial charge in [0.2, 0.25) is 0 Å². The molecule has 34 heavy (non-hydrogen) atoms. The smallest absolute Gasteiger partial charge is 0.381 e. The summed E-state index contributed by atoms with van der Waals surface area (Å²) in [6.07, 6.45) is 10.6. The van der Waals surface area contributed by atoms with Crippen molar-refractivity contribution in [2.75, 3.05) is 38.0 Å². The van der Waals surface area contributed by atoms with Crippen LogP contribution in [0.3, 0.4) is 0 Å². The van der Waals surface area contributed by atoms with E-state index in [0.29, 0.717) is 11.5 Å². The second-order valence-corrected chi connectivity index (χ2v) is 10.2. The summed E-state index contributed by atoms with van der Waals surface area (Å²) in [5.41, 5.74) is 0.835. The van der Waals surface area contributed by atoms with E-state index in [-0.39, 0.29) is 24.2 Å². The van der Waals surface area contributed by atoms with E-state index >= 15 is 0 Å². The number of anilines is 1. The van der Waals surface area contributed by atoms with Crippen LogP contribution in [0.2, 0.25) is 0 Å². The number of rotatable bonds is 6. The minimum Gasteiger partial charge on any atom is -0.381 e. The Bertz CT molecular complexity index is 894. The van der Waals surface area contributed by atoms with Crippen molar-refractivity contribution in [2.45, 2.75) is 63.0 Å². The summed E-state index contributed by atoms with van der Waals surface area (Å²) in [5.74, 6) is 0.470. The van der Waals surface area contributed by atoms with Crippen molar-refractivity contribution in [3.8, 4) is 0 Å². The van der Waals surface area contributed by atoms with Crippen LogP contribution in [-0.4, -0.2) is 49.8 Å². The molecule has 1 aliphatic carbocycles. The summed E-state index contributed by atoms with van der Waals surface area (Å²) in [4.78, 5) is 2.51. The lowest BCUT2D eigenvalue weighted by atomic mass is 9.73. The van der Waals surface area contributed by atoms with Gasteiger partial charge in [0.05, 0.1) is 17.8 Å². The van der Waals surface area contributed by atoms with Gasteiger partial charge in [0.15, 0.2) is 0 Å². The van der Waals surface area contributed by atoms with Crippen LogP contribution < -0.4 is 10.6 Å². The van der Waals surface area contributed by atoms with Crippen molar-refractivity contribution >= 4 is 5.69 Å². The van der Waals surface area contributed by atoms with Gasteiger partial charge in [-0.05, 0) is 63.4 Å². The molecule has 2 fully saturated rings. The van der Waals surface area contributed by atoms with Crippen molar-refractivity contribution in [1.82, 2.24) is 10.2 Å². The Kier molecular flexibility index (Phi) is 7.32. The summed E-state index contributed by atoms with van der Waals surface area (Å²) < 4.78 is 47.1. The van der Waals surface area contributed by atoms with Crippen LogP contribution in [0.15, 0.2) is 42.5 Å². The number of likely N-dealkylation sites (tertiary alicyclic amines) is 1. The third kappa shape index (κ3) is 5.37. The molecule has 5 rings (SSSR count). The molecule has 4 aliphatic rings. The van der Waals surface area contributed by atoms with E-state index < -0.39 is 11.7 Å². The minimum atomic E-state index is -4.36. The van der Waals surface area contributed by atoms with Crippen LogP contribution in [0.5, 0.6) is 0 Å². The Balaban J connectivity index is 1.28. The molecular weight excluding hydrogens is 439 g/mol. The van der Waals surface area contributed by atoms with Crippen molar-refractivity contribution in [1.29, 1.82) is 0 Å². The van der Waals surface area contributed by atoms with Gasteiger partial charge in [0.25, 0.3) is 0 Å². The number of piperidine rings is 1. The Morgan fingerprint density at radius 1 is 1.09 bits per heavy atom. The Morgan fingerprint density at radius 3 is 2.71 bits per heavy atom. The lowest BCUT2D eigenvalue weighted by molar-refractivity contribution is -0.138. The summed E-state index contributed by atoms with van der Waals surface area (Å²) in [6, 6.07) is 4.23.